The Kier molecular flexibility index (Phi) is 3.58. The van der Waals surface area contributed by atoms with Gasteiger partial charge in [-0.05, 0) is 0 Å². The summed E-state index contributed by atoms with van der Waals surface area (Å²) >= 11 is 0. The first-order chi connectivity index (χ1) is 2.77. The van der Waals surface area contributed by atoms with Crippen molar-refractivity contribution < 1.29 is 18.3 Å². The van der Waals surface area contributed by atoms with Crippen LogP contribution < -0.4 is 0 Å². The molecule has 0 aromatic heterocycles. The van der Waals surface area contributed by atoms with E-state index in [9.17, 15) is 4.57 Å². The minimum absolute atomic E-state index is 0.743. The average Bonchev–Trinajstić information content (AvgIpc) is 1.35. The molecule has 0 aliphatic carbocycles. The molecule has 1 atom stereocenters. The Morgan fingerprint density at radius 1 is 1.83 bits per heavy atom. The molecule has 0 rings (SSSR count). The van der Waals surface area contributed by atoms with E-state index < -0.39 is 16.9 Å². The van der Waals surface area contributed by atoms with Crippen LogP contribution in [0.25, 0.3) is 0 Å². The molecule has 6 heavy (non-hydrogen) atoms. The van der Waals surface area contributed by atoms with Crippen molar-refractivity contribution in [2.45, 2.75) is 0 Å². The SMILES string of the molecule is O=PO[PH](=O)O. The van der Waals surface area contributed by atoms with Crippen molar-refractivity contribution in [2.75, 3.05) is 0 Å². The quantitative estimate of drug-likeness (QED) is 0.552. The van der Waals surface area contributed by atoms with Crippen LogP contribution in [0.4, 0.5) is 0 Å². The van der Waals surface area contributed by atoms with Crippen molar-refractivity contribution in [3.8, 4) is 0 Å². The first-order valence-corrected chi connectivity index (χ1v) is 2.99. The molecule has 36 valence electrons. The molecule has 0 fully saturated rings. The molecule has 1 unspecified atom stereocenters. The van der Waals surface area contributed by atoms with E-state index in [1.54, 1.807) is 0 Å². The maximum atomic E-state index is 9.36. The molecule has 0 aliphatic rings. The summed E-state index contributed by atoms with van der Waals surface area (Å²) in [6.07, 6.45) is 0. The van der Waals surface area contributed by atoms with Crippen LogP contribution in [0.5, 0.6) is 0 Å². The van der Waals surface area contributed by atoms with Crippen LogP contribution in [0.15, 0.2) is 0 Å². The molecule has 0 aliphatic heterocycles. The van der Waals surface area contributed by atoms with Crippen LogP contribution in [-0.2, 0) is 13.4 Å². The molecule has 6 heteroatoms. The summed E-state index contributed by atoms with van der Waals surface area (Å²) in [7, 11) is -3.70. The maximum Gasteiger partial charge on any atom is 0.335 e. The van der Waals surface area contributed by atoms with Gasteiger partial charge in [0.1, 0.15) is 0 Å². The molecule has 0 saturated heterocycles. The van der Waals surface area contributed by atoms with E-state index in [1.165, 1.54) is 0 Å². The lowest BCUT2D eigenvalue weighted by Gasteiger charge is -1.75. The fraction of sp³-hybridized carbons (Fsp3) is 0. The zero-order valence-corrected chi connectivity index (χ0v) is 4.51. The standard InChI is InChI=1S/H2O4P2/c1-5-4-6(2)3/h6H,(H,2,3). The molecule has 0 spiro atoms. The van der Waals surface area contributed by atoms with E-state index in [0.717, 1.165) is 0 Å². The lowest BCUT2D eigenvalue weighted by molar-refractivity contribution is 0.418. The Hall–Kier alpha value is 0.250. The second-order valence-corrected chi connectivity index (χ2v) is 1.84. The van der Waals surface area contributed by atoms with Gasteiger partial charge in [-0.2, -0.15) is 0 Å². The van der Waals surface area contributed by atoms with Gasteiger partial charge in [-0.25, -0.2) is 8.88 Å². The highest BCUT2D eigenvalue weighted by molar-refractivity contribution is 7.41. The third kappa shape index (κ3) is 4.25. The van der Waals surface area contributed by atoms with E-state index >= 15 is 0 Å². The highest BCUT2D eigenvalue weighted by Gasteiger charge is 1.83. The monoisotopic (exact) mass is 128 g/mol. The van der Waals surface area contributed by atoms with Crippen LogP contribution in [-0.4, -0.2) is 4.89 Å². The molecule has 0 saturated carbocycles. The lowest BCUT2D eigenvalue weighted by atomic mass is 15.8. The minimum atomic E-state index is -2.96. The molecule has 0 amide bonds. The molecule has 0 bridgehead atoms. The van der Waals surface area contributed by atoms with Gasteiger partial charge in [0.15, 0.2) is 0 Å². The van der Waals surface area contributed by atoms with Gasteiger partial charge < -0.3 is 4.89 Å². The molecule has 0 radical (unpaired) electrons. The average molecular weight is 128 g/mol. The Balaban J connectivity index is 3.05. The lowest BCUT2D eigenvalue weighted by Crippen LogP contribution is -1.47. The molecule has 0 heterocycles. The van der Waals surface area contributed by atoms with Gasteiger partial charge in [0.25, 0.3) is 0 Å². The third-order valence-electron chi connectivity index (χ3n) is 0.115. The normalized spacial score (nSPS) is 14.8. The molecule has 1 N–H and O–H groups in total. The second kappa shape index (κ2) is 3.44. The topological polar surface area (TPSA) is 63.6 Å². The molecular formula is H2O4P2. The highest BCUT2D eigenvalue weighted by atomic mass is 31.2. The Morgan fingerprint density at radius 3 is 2.33 bits per heavy atom. The van der Waals surface area contributed by atoms with Crippen LogP contribution >= 0.6 is 16.9 Å². The van der Waals surface area contributed by atoms with E-state index in [-0.39, 0.29) is 0 Å². The second-order valence-electron chi connectivity index (χ2n) is 0.432. The summed E-state index contributed by atoms with van der Waals surface area (Å²) in [5.74, 6) is 0. The molecule has 0 aromatic carbocycles. The third-order valence-corrected chi connectivity index (χ3v) is 1.04. The molecular weight excluding hydrogens is 126 g/mol. The van der Waals surface area contributed by atoms with Gasteiger partial charge in [0.2, 0.25) is 0 Å². The Bertz CT molecular complexity index is 65.9. The maximum absolute atomic E-state index is 9.36. The van der Waals surface area contributed by atoms with Crippen LogP contribution in [0, 0.1) is 0 Å². The fourth-order valence-corrected chi connectivity index (χ4v) is 0.287. The van der Waals surface area contributed by atoms with Gasteiger partial charge in [-0.15, -0.1) is 0 Å². The van der Waals surface area contributed by atoms with Gasteiger partial charge in [0.05, 0.1) is 0 Å². The molecule has 0 aromatic rings. The van der Waals surface area contributed by atoms with Crippen molar-refractivity contribution in [3.05, 3.63) is 0 Å². The van der Waals surface area contributed by atoms with Crippen LogP contribution in [0.3, 0.4) is 0 Å². The predicted octanol–water partition coefficient (Wildman–Crippen LogP) is 0.592. The first kappa shape index (κ1) is 6.25. The van der Waals surface area contributed by atoms with E-state index in [1.807, 2.05) is 0 Å². The summed E-state index contributed by atoms with van der Waals surface area (Å²) in [6.45, 7) is 0. The minimum Gasteiger partial charge on any atom is -0.326 e. The van der Waals surface area contributed by atoms with Crippen LogP contribution in [0.1, 0.15) is 0 Å². The number of hydrogen-bond donors (Lipinski definition) is 1. The smallest absolute Gasteiger partial charge is 0.326 e. The zero-order chi connectivity index (χ0) is 4.99. The van der Waals surface area contributed by atoms with Crippen LogP contribution in [0.2, 0.25) is 0 Å². The summed E-state index contributed by atoms with van der Waals surface area (Å²) in [5, 5.41) is 0. The highest BCUT2D eigenvalue weighted by Crippen LogP contribution is 2.20. The largest absolute Gasteiger partial charge is 0.335 e. The Labute approximate surface area is 36.4 Å². The molecule has 4 nitrogen and oxygen atoms in total. The van der Waals surface area contributed by atoms with Gasteiger partial charge >= 0.3 is 16.9 Å². The van der Waals surface area contributed by atoms with Gasteiger partial charge in [0, 0.05) is 0 Å². The zero-order valence-electron chi connectivity index (χ0n) is 2.62. The summed E-state index contributed by atoms with van der Waals surface area (Å²) in [4.78, 5) is 7.67. The van der Waals surface area contributed by atoms with E-state index in [2.05, 4.69) is 4.31 Å². The Morgan fingerprint density at radius 2 is 2.33 bits per heavy atom. The fourth-order valence-electron chi connectivity index (χ4n) is 0.0319. The van der Waals surface area contributed by atoms with Crippen molar-refractivity contribution >= 4 is 16.9 Å². The predicted molar refractivity (Wildman–Crippen MR) is 19.9 cm³/mol. The number of hydrogen-bond acceptors (Lipinski definition) is 3. The van der Waals surface area contributed by atoms with Crippen molar-refractivity contribution in [1.29, 1.82) is 0 Å². The summed E-state index contributed by atoms with van der Waals surface area (Å²) in [5.41, 5.74) is 0. The first-order valence-electron chi connectivity index (χ1n) is 0.997. The van der Waals surface area contributed by atoms with Crippen molar-refractivity contribution in [2.24, 2.45) is 0 Å². The van der Waals surface area contributed by atoms with Crippen molar-refractivity contribution in [1.82, 2.24) is 0 Å². The van der Waals surface area contributed by atoms with E-state index in [4.69, 9.17) is 9.46 Å². The van der Waals surface area contributed by atoms with Gasteiger partial charge in [-0.3, -0.25) is 4.57 Å². The van der Waals surface area contributed by atoms with E-state index in [0.29, 0.717) is 0 Å². The summed E-state index contributed by atoms with van der Waals surface area (Å²) < 4.78 is 22.1. The number of rotatable bonds is 2. The summed E-state index contributed by atoms with van der Waals surface area (Å²) in [6, 6.07) is 0. The van der Waals surface area contributed by atoms with Crippen molar-refractivity contribution in [3.63, 3.8) is 0 Å². The van der Waals surface area contributed by atoms with Gasteiger partial charge in [-0.1, -0.05) is 0 Å².